The first kappa shape index (κ1) is 12.2. The summed E-state index contributed by atoms with van der Waals surface area (Å²) in [6.45, 7) is 0. The summed E-state index contributed by atoms with van der Waals surface area (Å²) in [5.74, 6) is 0.446. The molecule has 2 nitrogen and oxygen atoms in total. The van der Waals surface area contributed by atoms with E-state index in [2.05, 4.69) is 11.4 Å². The van der Waals surface area contributed by atoms with Gasteiger partial charge in [0.05, 0.1) is 10.6 Å². The molecule has 1 fully saturated rings. The Morgan fingerprint density at radius 1 is 1.05 bits per heavy atom. The fourth-order valence-corrected chi connectivity index (χ4v) is 2.42. The quantitative estimate of drug-likeness (QED) is 0.877. The summed E-state index contributed by atoms with van der Waals surface area (Å²) in [4.78, 5) is 12.2. The van der Waals surface area contributed by atoms with Crippen LogP contribution in [0.5, 0.6) is 0 Å². The zero-order chi connectivity index (χ0) is 13.2. The first-order valence-corrected chi connectivity index (χ1v) is 6.78. The Morgan fingerprint density at radius 3 is 2.47 bits per heavy atom. The summed E-state index contributed by atoms with van der Waals surface area (Å²) in [5.41, 5.74) is 2.63. The largest absolute Gasteiger partial charge is 0.322 e. The van der Waals surface area contributed by atoms with Crippen LogP contribution >= 0.6 is 11.6 Å². The van der Waals surface area contributed by atoms with E-state index in [9.17, 15) is 4.79 Å². The van der Waals surface area contributed by atoms with Crippen LogP contribution in [0, 0.1) is 0 Å². The average Bonchev–Trinajstić information content (AvgIpc) is 3.24. The van der Waals surface area contributed by atoms with Crippen LogP contribution in [-0.4, -0.2) is 5.91 Å². The molecule has 1 saturated carbocycles. The minimum absolute atomic E-state index is 0.154. The van der Waals surface area contributed by atoms with Crippen LogP contribution in [0.15, 0.2) is 48.5 Å². The van der Waals surface area contributed by atoms with Gasteiger partial charge in [0.15, 0.2) is 0 Å². The van der Waals surface area contributed by atoms with Crippen LogP contribution in [0.4, 0.5) is 5.69 Å². The van der Waals surface area contributed by atoms with Crippen molar-refractivity contribution in [3.05, 3.63) is 64.7 Å². The highest BCUT2D eigenvalue weighted by Crippen LogP contribution is 2.43. The smallest absolute Gasteiger partial charge is 0.257 e. The molecule has 3 heteroatoms. The average molecular weight is 272 g/mol. The number of halogens is 1. The third-order valence-electron chi connectivity index (χ3n) is 3.34. The van der Waals surface area contributed by atoms with Gasteiger partial charge in [-0.3, -0.25) is 4.79 Å². The lowest BCUT2D eigenvalue weighted by molar-refractivity contribution is 0.102. The second-order valence-corrected chi connectivity index (χ2v) is 5.20. The molecule has 0 unspecified atom stereocenters. The highest BCUT2D eigenvalue weighted by molar-refractivity contribution is 6.34. The second kappa shape index (κ2) is 5.06. The Kier molecular flexibility index (Phi) is 3.26. The van der Waals surface area contributed by atoms with Gasteiger partial charge in [-0.25, -0.2) is 0 Å². The van der Waals surface area contributed by atoms with E-state index in [4.69, 9.17) is 11.6 Å². The number of rotatable bonds is 3. The van der Waals surface area contributed by atoms with Crippen molar-refractivity contribution in [2.45, 2.75) is 18.8 Å². The van der Waals surface area contributed by atoms with Crippen molar-refractivity contribution in [3.8, 4) is 0 Å². The SMILES string of the molecule is O=C(Nc1ccccc1C1CC1)c1ccccc1Cl. The van der Waals surface area contributed by atoms with Crippen molar-refractivity contribution in [3.63, 3.8) is 0 Å². The first-order valence-electron chi connectivity index (χ1n) is 6.40. The number of hydrogen-bond donors (Lipinski definition) is 1. The first-order chi connectivity index (χ1) is 9.25. The number of carbonyl (C=O) groups excluding carboxylic acids is 1. The number of para-hydroxylation sites is 1. The third-order valence-corrected chi connectivity index (χ3v) is 3.67. The molecule has 19 heavy (non-hydrogen) atoms. The van der Waals surface area contributed by atoms with Gasteiger partial charge in [0.2, 0.25) is 0 Å². The van der Waals surface area contributed by atoms with Crippen LogP contribution in [0.1, 0.15) is 34.7 Å². The van der Waals surface area contributed by atoms with Crippen LogP contribution in [0.25, 0.3) is 0 Å². The maximum absolute atomic E-state index is 12.2. The summed E-state index contributed by atoms with van der Waals surface area (Å²) in [5, 5.41) is 3.44. The molecule has 1 aliphatic rings. The molecule has 3 rings (SSSR count). The summed E-state index contributed by atoms with van der Waals surface area (Å²) >= 11 is 6.04. The molecular weight excluding hydrogens is 258 g/mol. The van der Waals surface area contributed by atoms with E-state index in [0.29, 0.717) is 16.5 Å². The zero-order valence-electron chi connectivity index (χ0n) is 10.4. The molecule has 0 spiro atoms. The monoisotopic (exact) mass is 271 g/mol. The van der Waals surface area contributed by atoms with Gasteiger partial charge in [-0.05, 0) is 42.5 Å². The van der Waals surface area contributed by atoms with Gasteiger partial charge in [-0.1, -0.05) is 41.9 Å². The number of hydrogen-bond acceptors (Lipinski definition) is 1. The molecular formula is C16H14ClNO. The molecule has 0 aliphatic heterocycles. The van der Waals surface area contributed by atoms with Crippen molar-refractivity contribution in [1.82, 2.24) is 0 Å². The van der Waals surface area contributed by atoms with Crippen molar-refractivity contribution < 1.29 is 4.79 Å². The molecule has 96 valence electrons. The maximum Gasteiger partial charge on any atom is 0.257 e. The van der Waals surface area contributed by atoms with E-state index < -0.39 is 0 Å². The Morgan fingerprint density at radius 2 is 1.74 bits per heavy atom. The van der Waals surface area contributed by atoms with Gasteiger partial charge in [-0.15, -0.1) is 0 Å². The number of benzene rings is 2. The molecule has 1 aliphatic carbocycles. The lowest BCUT2D eigenvalue weighted by atomic mass is 10.1. The predicted molar refractivity (Wildman–Crippen MR) is 77.8 cm³/mol. The van der Waals surface area contributed by atoms with Crippen molar-refractivity contribution >= 4 is 23.2 Å². The predicted octanol–water partition coefficient (Wildman–Crippen LogP) is 4.47. The van der Waals surface area contributed by atoms with E-state index in [1.807, 2.05) is 30.3 Å². The third kappa shape index (κ3) is 2.64. The van der Waals surface area contributed by atoms with Crippen molar-refractivity contribution in [2.24, 2.45) is 0 Å². The Balaban J connectivity index is 1.86. The normalized spacial score (nSPS) is 14.2. The fraction of sp³-hybridized carbons (Fsp3) is 0.188. The van der Waals surface area contributed by atoms with Gasteiger partial charge in [0, 0.05) is 5.69 Å². The molecule has 1 amide bonds. The Labute approximate surface area is 117 Å². The standard InChI is InChI=1S/C16H14ClNO/c17-14-7-3-1-6-13(14)16(19)18-15-8-4-2-5-12(15)11-9-10-11/h1-8,11H,9-10H2,(H,18,19). The van der Waals surface area contributed by atoms with Crippen LogP contribution in [0.3, 0.4) is 0 Å². The molecule has 2 aromatic carbocycles. The molecule has 0 saturated heterocycles. The van der Waals surface area contributed by atoms with Crippen molar-refractivity contribution in [1.29, 1.82) is 0 Å². The molecule has 0 heterocycles. The van der Waals surface area contributed by atoms with E-state index in [1.54, 1.807) is 12.1 Å². The van der Waals surface area contributed by atoms with Crippen molar-refractivity contribution in [2.75, 3.05) is 5.32 Å². The minimum atomic E-state index is -0.154. The van der Waals surface area contributed by atoms with Crippen LogP contribution in [-0.2, 0) is 0 Å². The molecule has 1 N–H and O–H groups in total. The number of nitrogens with one attached hydrogen (secondary N) is 1. The topological polar surface area (TPSA) is 29.1 Å². The zero-order valence-corrected chi connectivity index (χ0v) is 11.2. The van der Waals surface area contributed by atoms with Crippen LogP contribution < -0.4 is 5.32 Å². The van der Waals surface area contributed by atoms with Gasteiger partial charge in [-0.2, -0.15) is 0 Å². The Bertz CT molecular complexity index is 620. The lowest BCUT2D eigenvalue weighted by Gasteiger charge is -2.11. The minimum Gasteiger partial charge on any atom is -0.322 e. The van der Waals surface area contributed by atoms with Gasteiger partial charge < -0.3 is 5.32 Å². The van der Waals surface area contributed by atoms with E-state index in [1.165, 1.54) is 18.4 Å². The van der Waals surface area contributed by atoms with E-state index >= 15 is 0 Å². The number of anilines is 1. The Hall–Kier alpha value is -1.80. The molecule has 0 radical (unpaired) electrons. The van der Waals surface area contributed by atoms with E-state index in [-0.39, 0.29) is 5.91 Å². The van der Waals surface area contributed by atoms with Crippen LogP contribution in [0.2, 0.25) is 5.02 Å². The number of carbonyl (C=O) groups is 1. The molecule has 0 atom stereocenters. The van der Waals surface area contributed by atoms with Gasteiger partial charge in [0.25, 0.3) is 5.91 Å². The summed E-state index contributed by atoms with van der Waals surface area (Å²) in [6, 6.07) is 15.1. The molecule has 2 aromatic rings. The molecule has 0 bridgehead atoms. The maximum atomic E-state index is 12.2. The summed E-state index contributed by atoms with van der Waals surface area (Å²) in [6.07, 6.45) is 2.41. The van der Waals surface area contributed by atoms with Gasteiger partial charge in [0.1, 0.15) is 0 Å². The van der Waals surface area contributed by atoms with Gasteiger partial charge >= 0.3 is 0 Å². The lowest BCUT2D eigenvalue weighted by Crippen LogP contribution is -2.13. The highest BCUT2D eigenvalue weighted by Gasteiger charge is 2.26. The molecule has 0 aromatic heterocycles. The fourth-order valence-electron chi connectivity index (χ4n) is 2.20. The highest BCUT2D eigenvalue weighted by atomic mass is 35.5. The van der Waals surface area contributed by atoms with E-state index in [0.717, 1.165) is 5.69 Å². The summed E-state index contributed by atoms with van der Waals surface area (Å²) < 4.78 is 0. The number of amides is 1. The summed E-state index contributed by atoms with van der Waals surface area (Å²) in [7, 11) is 0. The second-order valence-electron chi connectivity index (χ2n) is 4.80.